The maximum atomic E-state index is 9.26. The first kappa shape index (κ1) is 11.4. The maximum absolute atomic E-state index is 9.26. The fourth-order valence-corrected chi connectivity index (χ4v) is 2.85. The summed E-state index contributed by atoms with van der Waals surface area (Å²) in [5, 5.41) is 10.2. The minimum atomic E-state index is 0.671. The van der Waals surface area contributed by atoms with Gasteiger partial charge in [-0.2, -0.15) is 5.26 Å². The molecule has 0 saturated carbocycles. The number of fused-ring (bicyclic) bond motifs is 1. The van der Waals surface area contributed by atoms with Crippen LogP contribution in [0.25, 0.3) is 10.1 Å². The van der Waals surface area contributed by atoms with Gasteiger partial charge in [-0.3, -0.25) is 4.99 Å². The molecule has 1 aromatic carbocycles. The van der Waals surface area contributed by atoms with E-state index in [9.17, 15) is 5.26 Å². The van der Waals surface area contributed by atoms with Crippen LogP contribution in [0.1, 0.15) is 10.4 Å². The molecule has 2 aromatic rings. The Balaban J connectivity index is 2.74. The molecule has 17 heavy (non-hydrogen) atoms. The molecule has 0 aliphatic carbocycles. The highest BCUT2D eigenvalue weighted by Crippen LogP contribution is 2.31. The standard InChI is InChI=1S/C13H11N3S/c1-16-11(6-7-14)13-10(8-15)9-4-2-3-5-12(9)17-13/h2-7H,14H2,1H3/b7-6-,16-11?. The molecular formula is C13H11N3S. The van der Waals surface area contributed by atoms with Gasteiger partial charge in [0.15, 0.2) is 0 Å². The molecule has 0 unspecified atom stereocenters. The third-order valence-corrected chi connectivity index (χ3v) is 3.63. The Bertz CT molecular complexity index is 644. The highest BCUT2D eigenvalue weighted by molar-refractivity contribution is 7.21. The molecule has 0 spiro atoms. The summed E-state index contributed by atoms with van der Waals surface area (Å²) in [5.74, 6) is 0. The fraction of sp³-hybridized carbons (Fsp3) is 0.0769. The lowest BCUT2D eigenvalue weighted by Gasteiger charge is -1.96. The summed E-state index contributed by atoms with van der Waals surface area (Å²) in [4.78, 5) is 5.03. The SMILES string of the molecule is CN=C(/C=C\N)c1sc2ccccc2c1C#N. The molecule has 1 heterocycles. The molecule has 2 N–H and O–H groups in total. The van der Waals surface area contributed by atoms with Gasteiger partial charge in [-0.1, -0.05) is 18.2 Å². The van der Waals surface area contributed by atoms with E-state index in [-0.39, 0.29) is 0 Å². The third kappa shape index (κ3) is 1.93. The van der Waals surface area contributed by atoms with E-state index in [1.54, 1.807) is 24.5 Å². The van der Waals surface area contributed by atoms with Crippen LogP contribution in [0.3, 0.4) is 0 Å². The van der Waals surface area contributed by atoms with Gasteiger partial charge >= 0.3 is 0 Å². The van der Waals surface area contributed by atoms with Crippen molar-refractivity contribution in [2.45, 2.75) is 0 Å². The summed E-state index contributed by atoms with van der Waals surface area (Å²) in [6.45, 7) is 0. The number of benzene rings is 1. The lowest BCUT2D eigenvalue weighted by atomic mass is 10.1. The zero-order valence-electron chi connectivity index (χ0n) is 9.34. The molecule has 0 radical (unpaired) electrons. The quantitative estimate of drug-likeness (QED) is 0.821. The Hall–Kier alpha value is -2.12. The Morgan fingerprint density at radius 1 is 1.47 bits per heavy atom. The highest BCUT2D eigenvalue weighted by Gasteiger charge is 2.14. The first-order valence-electron chi connectivity index (χ1n) is 5.09. The van der Waals surface area contributed by atoms with Gasteiger partial charge in [0, 0.05) is 17.1 Å². The van der Waals surface area contributed by atoms with Gasteiger partial charge < -0.3 is 5.73 Å². The first-order valence-corrected chi connectivity index (χ1v) is 5.90. The van der Waals surface area contributed by atoms with Crippen molar-refractivity contribution in [3.8, 4) is 6.07 Å². The zero-order chi connectivity index (χ0) is 12.3. The number of rotatable bonds is 2. The van der Waals surface area contributed by atoms with Gasteiger partial charge in [0.25, 0.3) is 0 Å². The zero-order valence-corrected chi connectivity index (χ0v) is 10.2. The van der Waals surface area contributed by atoms with E-state index in [1.807, 2.05) is 24.3 Å². The van der Waals surface area contributed by atoms with Crippen molar-refractivity contribution in [1.29, 1.82) is 5.26 Å². The van der Waals surface area contributed by atoms with Crippen LogP contribution in [0.2, 0.25) is 0 Å². The van der Waals surface area contributed by atoms with Crippen molar-refractivity contribution >= 4 is 27.1 Å². The Labute approximate surface area is 104 Å². The van der Waals surface area contributed by atoms with Gasteiger partial charge in [-0.05, 0) is 18.3 Å². The number of nitriles is 1. The summed E-state index contributed by atoms with van der Waals surface area (Å²) in [7, 11) is 1.70. The van der Waals surface area contributed by atoms with E-state index < -0.39 is 0 Å². The molecule has 0 aliphatic rings. The van der Waals surface area contributed by atoms with Crippen LogP contribution in [0.5, 0.6) is 0 Å². The van der Waals surface area contributed by atoms with Gasteiger partial charge in [0.2, 0.25) is 0 Å². The second kappa shape index (κ2) is 4.81. The second-order valence-electron chi connectivity index (χ2n) is 3.38. The molecule has 2 rings (SSSR count). The number of thiophene rings is 1. The summed E-state index contributed by atoms with van der Waals surface area (Å²) in [6.07, 6.45) is 3.15. The number of hydrogen-bond acceptors (Lipinski definition) is 4. The van der Waals surface area contributed by atoms with Crippen molar-refractivity contribution in [3.05, 3.63) is 47.0 Å². The Morgan fingerprint density at radius 2 is 2.24 bits per heavy atom. The van der Waals surface area contributed by atoms with E-state index in [0.29, 0.717) is 5.56 Å². The molecule has 0 fully saturated rings. The van der Waals surface area contributed by atoms with Crippen LogP contribution in [0.4, 0.5) is 0 Å². The van der Waals surface area contributed by atoms with E-state index in [2.05, 4.69) is 11.1 Å². The molecular weight excluding hydrogens is 230 g/mol. The lowest BCUT2D eigenvalue weighted by molar-refractivity contribution is 1.44. The summed E-state index contributed by atoms with van der Waals surface area (Å²) >= 11 is 1.56. The third-order valence-electron chi connectivity index (χ3n) is 2.43. The molecule has 0 saturated heterocycles. The normalized spacial score (nSPS) is 12.1. The van der Waals surface area contributed by atoms with Gasteiger partial charge in [-0.15, -0.1) is 11.3 Å². The molecule has 1 aromatic heterocycles. The largest absolute Gasteiger partial charge is 0.405 e. The first-order chi connectivity index (χ1) is 8.31. The summed E-state index contributed by atoms with van der Waals surface area (Å²) in [6, 6.07) is 10.1. The molecule has 0 bridgehead atoms. The monoisotopic (exact) mass is 241 g/mol. The summed E-state index contributed by atoms with van der Waals surface area (Å²) in [5.41, 5.74) is 6.80. The van der Waals surface area contributed by atoms with Crippen LogP contribution >= 0.6 is 11.3 Å². The number of nitrogens with two attached hydrogens (primary N) is 1. The molecule has 4 heteroatoms. The number of hydrogen-bond donors (Lipinski definition) is 1. The van der Waals surface area contributed by atoms with Crippen molar-refractivity contribution in [2.75, 3.05) is 7.05 Å². The number of nitrogens with zero attached hydrogens (tertiary/aromatic N) is 2. The van der Waals surface area contributed by atoms with Crippen LogP contribution in [0, 0.1) is 11.3 Å². The van der Waals surface area contributed by atoms with Crippen LogP contribution < -0.4 is 5.73 Å². The minimum Gasteiger partial charge on any atom is -0.405 e. The van der Waals surface area contributed by atoms with Crippen molar-refractivity contribution in [1.82, 2.24) is 0 Å². The molecule has 0 amide bonds. The Kier molecular flexibility index (Phi) is 3.22. The van der Waals surface area contributed by atoms with Crippen LogP contribution in [-0.4, -0.2) is 12.8 Å². The van der Waals surface area contributed by atoms with Crippen LogP contribution in [-0.2, 0) is 0 Å². The molecule has 84 valence electrons. The average Bonchev–Trinajstić information content (AvgIpc) is 2.74. The second-order valence-corrected chi connectivity index (χ2v) is 4.43. The molecule has 0 atom stereocenters. The smallest absolute Gasteiger partial charge is 0.101 e. The number of aliphatic imine (C=N–C) groups is 1. The Morgan fingerprint density at radius 3 is 2.88 bits per heavy atom. The lowest BCUT2D eigenvalue weighted by Crippen LogP contribution is -1.97. The van der Waals surface area contributed by atoms with E-state index >= 15 is 0 Å². The molecule has 0 aliphatic heterocycles. The van der Waals surface area contributed by atoms with Gasteiger partial charge in [0.05, 0.1) is 16.2 Å². The van der Waals surface area contributed by atoms with E-state index in [0.717, 1.165) is 20.7 Å². The predicted octanol–water partition coefficient (Wildman–Crippen LogP) is 2.66. The van der Waals surface area contributed by atoms with Crippen molar-refractivity contribution in [3.63, 3.8) is 0 Å². The highest BCUT2D eigenvalue weighted by atomic mass is 32.1. The maximum Gasteiger partial charge on any atom is 0.101 e. The van der Waals surface area contributed by atoms with Gasteiger partial charge in [0.1, 0.15) is 6.07 Å². The van der Waals surface area contributed by atoms with E-state index in [4.69, 9.17) is 5.73 Å². The fourth-order valence-electron chi connectivity index (χ4n) is 1.68. The number of allylic oxidation sites excluding steroid dienone is 1. The molecule has 3 nitrogen and oxygen atoms in total. The van der Waals surface area contributed by atoms with Gasteiger partial charge in [-0.25, -0.2) is 0 Å². The average molecular weight is 241 g/mol. The topological polar surface area (TPSA) is 62.2 Å². The van der Waals surface area contributed by atoms with Crippen molar-refractivity contribution < 1.29 is 0 Å². The van der Waals surface area contributed by atoms with Crippen LogP contribution in [0.15, 0.2) is 41.5 Å². The van der Waals surface area contributed by atoms with E-state index in [1.165, 1.54) is 6.20 Å². The van der Waals surface area contributed by atoms with Crippen molar-refractivity contribution in [2.24, 2.45) is 10.7 Å². The summed E-state index contributed by atoms with van der Waals surface area (Å²) < 4.78 is 1.09. The predicted molar refractivity (Wildman–Crippen MR) is 72.3 cm³/mol. The minimum absolute atomic E-state index is 0.671.